The van der Waals surface area contributed by atoms with Gasteiger partial charge < -0.3 is 15.4 Å². The van der Waals surface area contributed by atoms with Gasteiger partial charge in [-0.2, -0.15) is 0 Å². The van der Waals surface area contributed by atoms with Crippen molar-refractivity contribution >= 4 is 46.4 Å². The van der Waals surface area contributed by atoms with Crippen LogP contribution < -0.4 is 20.3 Å². The minimum Gasteiger partial charge on any atom is -0.497 e. The van der Waals surface area contributed by atoms with E-state index in [9.17, 15) is 14.4 Å². The predicted molar refractivity (Wildman–Crippen MR) is 132 cm³/mol. The average molecular weight is 476 g/mol. The van der Waals surface area contributed by atoms with Crippen LogP contribution in [0.4, 0.5) is 17.1 Å². The van der Waals surface area contributed by atoms with Gasteiger partial charge in [0.2, 0.25) is 0 Å². The zero-order chi connectivity index (χ0) is 24.4. The van der Waals surface area contributed by atoms with E-state index in [1.807, 2.05) is 19.9 Å². The number of imide groups is 1. The molecule has 0 radical (unpaired) electrons. The summed E-state index contributed by atoms with van der Waals surface area (Å²) in [5.41, 5.74) is 3.83. The standard InChI is InChI=1S/C26H22ClN3O4/c1-15-5-4-6-21(16(15)2)30-25(32)22(27)23(26(30)33)28-18-9-7-17(8-10-18)24(31)29-19-11-13-20(34-3)14-12-19/h4-14,28H,1-3H3,(H,29,31). The van der Waals surface area contributed by atoms with Gasteiger partial charge in [0.1, 0.15) is 16.5 Å². The van der Waals surface area contributed by atoms with Crippen LogP contribution in [-0.2, 0) is 9.59 Å². The molecule has 0 atom stereocenters. The number of halogens is 1. The summed E-state index contributed by atoms with van der Waals surface area (Å²) in [5, 5.41) is 5.54. The maximum absolute atomic E-state index is 13.0. The highest BCUT2D eigenvalue weighted by Crippen LogP contribution is 2.33. The van der Waals surface area contributed by atoms with E-state index in [0.717, 1.165) is 16.0 Å². The number of carbonyl (C=O) groups excluding carboxylic acids is 3. The predicted octanol–water partition coefficient (Wildman–Crippen LogP) is 5.00. The molecule has 2 N–H and O–H groups in total. The second kappa shape index (κ2) is 9.41. The summed E-state index contributed by atoms with van der Waals surface area (Å²) in [4.78, 5) is 39.4. The van der Waals surface area contributed by atoms with Gasteiger partial charge in [0.15, 0.2) is 0 Å². The minimum absolute atomic E-state index is 0.0111. The van der Waals surface area contributed by atoms with Gasteiger partial charge in [-0.15, -0.1) is 0 Å². The van der Waals surface area contributed by atoms with Gasteiger partial charge >= 0.3 is 0 Å². The number of benzene rings is 3. The van der Waals surface area contributed by atoms with Gasteiger partial charge in [-0.05, 0) is 79.6 Å². The molecule has 0 aliphatic carbocycles. The third-order valence-corrected chi connectivity index (χ3v) is 5.96. The number of methoxy groups -OCH3 is 1. The SMILES string of the molecule is COc1ccc(NC(=O)c2ccc(NC3=C(Cl)C(=O)N(c4cccc(C)c4C)C3=O)cc2)cc1. The van der Waals surface area contributed by atoms with E-state index in [0.29, 0.717) is 28.4 Å². The fourth-order valence-electron chi connectivity index (χ4n) is 3.53. The molecule has 3 aromatic carbocycles. The Labute approximate surface area is 202 Å². The number of aryl methyl sites for hydroxylation is 1. The van der Waals surface area contributed by atoms with E-state index in [1.54, 1.807) is 67.8 Å². The van der Waals surface area contributed by atoms with E-state index < -0.39 is 11.8 Å². The molecule has 172 valence electrons. The van der Waals surface area contributed by atoms with Crippen LogP contribution in [0, 0.1) is 13.8 Å². The number of hydrogen-bond acceptors (Lipinski definition) is 5. The monoisotopic (exact) mass is 475 g/mol. The first-order valence-corrected chi connectivity index (χ1v) is 10.8. The summed E-state index contributed by atoms with van der Waals surface area (Å²) in [6.07, 6.45) is 0. The van der Waals surface area contributed by atoms with Crippen molar-refractivity contribution in [3.63, 3.8) is 0 Å². The zero-order valence-corrected chi connectivity index (χ0v) is 19.6. The van der Waals surface area contributed by atoms with E-state index in [2.05, 4.69) is 10.6 Å². The van der Waals surface area contributed by atoms with E-state index in [-0.39, 0.29) is 16.6 Å². The minimum atomic E-state index is -0.585. The molecule has 0 fully saturated rings. The lowest BCUT2D eigenvalue weighted by molar-refractivity contribution is -0.120. The second-order valence-electron chi connectivity index (χ2n) is 7.74. The summed E-state index contributed by atoms with van der Waals surface area (Å²) in [7, 11) is 1.57. The Morgan fingerprint density at radius 3 is 2.18 bits per heavy atom. The average Bonchev–Trinajstić information content (AvgIpc) is 3.05. The Bertz CT molecular complexity index is 1310. The van der Waals surface area contributed by atoms with Crippen molar-refractivity contribution in [2.75, 3.05) is 22.6 Å². The maximum atomic E-state index is 13.0. The molecule has 1 aliphatic heterocycles. The lowest BCUT2D eigenvalue weighted by Gasteiger charge is -2.18. The highest BCUT2D eigenvalue weighted by molar-refractivity contribution is 6.53. The summed E-state index contributed by atoms with van der Waals surface area (Å²) < 4.78 is 5.11. The van der Waals surface area contributed by atoms with Crippen molar-refractivity contribution in [2.45, 2.75) is 13.8 Å². The van der Waals surface area contributed by atoms with Crippen LogP contribution in [0.1, 0.15) is 21.5 Å². The Balaban J connectivity index is 1.48. The van der Waals surface area contributed by atoms with Gasteiger partial charge in [0.05, 0.1) is 12.8 Å². The van der Waals surface area contributed by atoms with Crippen molar-refractivity contribution in [1.82, 2.24) is 0 Å². The fraction of sp³-hybridized carbons (Fsp3) is 0.115. The van der Waals surface area contributed by atoms with Crippen molar-refractivity contribution in [1.29, 1.82) is 0 Å². The first-order chi connectivity index (χ1) is 16.3. The van der Waals surface area contributed by atoms with Crippen molar-refractivity contribution in [3.8, 4) is 5.75 Å². The molecule has 0 unspecified atom stereocenters. The van der Waals surface area contributed by atoms with E-state index in [1.165, 1.54) is 0 Å². The molecule has 0 bridgehead atoms. The Hall–Kier alpha value is -4.10. The molecular formula is C26H22ClN3O4. The highest BCUT2D eigenvalue weighted by atomic mass is 35.5. The third-order valence-electron chi connectivity index (χ3n) is 5.61. The van der Waals surface area contributed by atoms with Gasteiger partial charge in [-0.3, -0.25) is 14.4 Å². The number of anilines is 3. The quantitative estimate of drug-likeness (QED) is 0.490. The molecular weight excluding hydrogens is 454 g/mol. The highest BCUT2D eigenvalue weighted by Gasteiger charge is 2.39. The lowest BCUT2D eigenvalue weighted by atomic mass is 10.1. The van der Waals surface area contributed by atoms with Crippen LogP contribution in [-0.4, -0.2) is 24.8 Å². The molecule has 4 rings (SSSR count). The van der Waals surface area contributed by atoms with Crippen LogP contribution in [0.3, 0.4) is 0 Å². The first-order valence-electron chi connectivity index (χ1n) is 10.5. The van der Waals surface area contributed by atoms with E-state index in [4.69, 9.17) is 16.3 Å². The van der Waals surface area contributed by atoms with Gasteiger partial charge in [-0.1, -0.05) is 23.7 Å². The lowest BCUT2D eigenvalue weighted by Crippen LogP contribution is -2.33. The summed E-state index contributed by atoms with van der Waals surface area (Å²) in [6.45, 7) is 3.75. The normalized spacial score (nSPS) is 13.4. The molecule has 34 heavy (non-hydrogen) atoms. The van der Waals surface area contributed by atoms with Gasteiger partial charge in [-0.25, -0.2) is 4.90 Å². The van der Waals surface area contributed by atoms with Gasteiger partial charge in [0, 0.05) is 16.9 Å². The van der Waals surface area contributed by atoms with Crippen molar-refractivity contribution < 1.29 is 19.1 Å². The number of hydrogen-bond donors (Lipinski definition) is 2. The first kappa shape index (κ1) is 23.1. The van der Waals surface area contributed by atoms with Crippen LogP contribution in [0.5, 0.6) is 5.75 Å². The Kier molecular flexibility index (Phi) is 6.38. The molecule has 0 aromatic heterocycles. The molecule has 0 spiro atoms. The zero-order valence-electron chi connectivity index (χ0n) is 18.8. The largest absolute Gasteiger partial charge is 0.497 e. The topological polar surface area (TPSA) is 87.7 Å². The maximum Gasteiger partial charge on any atom is 0.283 e. The summed E-state index contributed by atoms with van der Waals surface area (Å²) in [6, 6.07) is 18.9. The fourth-order valence-corrected chi connectivity index (χ4v) is 3.75. The molecule has 3 amide bonds. The third kappa shape index (κ3) is 4.38. The van der Waals surface area contributed by atoms with E-state index >= 15 is 0 Å². The van der Waals surface area contributed by atoms with Crippen LogP contribution >= 0.6 is 11.6 Å². The van der Waals surface area contributed by atoms with Crippen LogP contribution in [0.15, 0.2) is 77.5 Å². The summed E-state index contributed by atoms with van der Waals surface area (Å²) >= 11 is 6.24. The molecule has 1 heterocycles. The smallest absolute Gasteiger partial charge is 0.283 e. The molecule has 1 aliphatic rings. The second-order valence-corrected chi connectivity index (χ2v) is 8.12. The number of carbonyl (C=O) groups is 3. The number of rotatable bonds is 6. The number of nitrogens with one attached hydrogen (secondary N) is 2. The molecule has 0 saturated heterocycles. The number of nitrogens with zero attached hydrogens (tertiary/aromatic N) is 1. The Morgan fingerprint density at radius 1 is 0.882 bits per heavy atom. The molecule has 0 saturated carbocycles. The number of ether oxygens (including phenoxy) is 1. The molecule has 7 nitrogen and oxygen atoms in total. The van der Waals surface area contributed by atoms with Gasteiger partial charge in [0.25, 0.3) is 17.7 Å². The van der Waals surface area contributed by atoms with Crippen LogP contribution in [0.2, 0.25) is 0 Å². The molecule has 3 aromatic rings. The molecule has 8 heteroatoms. The summed E-state index contributed by atoms with van der Waals surface area (Å²) in [5.74, 6) is -0.719. The van der Waals surface area contributed by atoms with Crippen molar-refractivity contribution in [3.05, 3.63) is 94.1 Å². The van der Waals surface area contributed by atoms with Crippen molar-refractivity contribution in [2.24, 2.45) is 0 Å². The van der Waals surface area contributed by atoms with Crippen LogP contribution in [0.25, 0.3) is 0 Å². The Morgan fingerprint density at radius 2 is 1.53 bits per heavy atom. The number of amides is 3.